The second kappa shape index (κ2) is 5.67. The van der Waals surface area contributed by atoms with Crippen molar-refractivity contribution in [3.8, 4) is 6.07 Å². The van der Waals surface area contributed by atoms with Gasteiger partial charge in [0.25, 0.3) is 0 Å². The molecule has 0 radical (unpaired) electrons. The molecule has 1 aromatic heterocycles. The van der Waals surface area contributed by atoms with Gasteiger partial charge in [-0.1, -0.05) is 0 Å². The lowest BCUT2D eigenvalue weighted by Gasteiger charge is -2.30. The molecule has 2 rings (SSSR count). The average molecular weight is 245 g/mol. The number of nitriles is 1. The van der Waals surface area contributed by atoms with E-state index in [1.54, 1.807) is 6.33 Å². The Labute approximate surface area is 108 Å². The van der Waals surface area contributed by atoms with E-state index in [-0.39, 0.29) is 5.92 Å². The van der Waals surface area contributed by atoms with Crippen LogP contribution in [-0.2, 0) is 0 Å². The van der Waals surface area contributed by atoms with Crippen LogP contribution in [0, 0.1) is 17.2 Å². The molecular weight excluding hydrogens is 226 g/mol. The zero-order chi connectivity index (χ0) is 13.0. The number of piperidine rings is 1. The van der Waals surface area contributed by atoms with Crippen molar-refractivity contribution in [2.75, 3.05) is 36.5 Å². The lowest BCUT2D eigenvalue weighted by Crippen LogP contribution is -2.34. The highest BCUT2D eigenvalue weighted by molar-refractivity contribution is 5.49. The molecule has 1 aromatic rings. The number of hydrogen-bond acceptors (Lipinski definition) is 5. The molecular formula is C13H19N5. The molecule has 0 bridgehead atoms. The fourth-order valence-electron chi connectivity index (χ4n) is 2.12. The Morgan fingerprint density at radius 2 is 2.17 bits per heavy atom. The second-order valence-electron chi connectivity index (χ2n) is 4.64. The number of aromatic nitrogens is 2. The molecule has 0 aromatic carbocycles. The molecule has 0 atom stereocenters. The van der Waals surface area contributed by atoms with Gasteiger partial charge in [0.2, 0.25) is 0 Å². The lowest BCUT2D eigenvalue weighted by atomic mass is 9.99. The molecule has 0 amide bonds. The fraction of sp³-hybridized carbons (Fsp3) is 0.615. The zero-order valence-corrected chi connectivity index (χ0v) is 11.0. The number of anilines is 2. The van der Waals surface area contributed by atoms with Crippen LogP contribution in [-0.4, -0.2) is 36.6 Å². The van der Waals surface area contributed by atoms with Gasteiger partial charge in [0, 0.05) is 38.7 Å². The third-order valence-electron chi connectivity index (χ3n) is 3.51. The van der Waals surface area contributed by atoms with E-state index in [9.17, 15) is 0 Å². The van der Waals surface area contributed by atoms with Gasteiger partial charge < -0.3 is 9.80 Å². The molecule has 2 heterocycles. The normalized spacial score (nSPS) is 16.4. The summed E-state index contributed by atoms with van der Waals surface area (Å²) in [6.45, 7) is 4.84. The Hall–Kier alpha value is -1.83. The predicted octanol–water partition coefficient (Wildman–Crippen LogP) is 1.67. The van der Waals surface area contributed by atoms with Crippen LogP contribution in [0.5, 0.6) is 0 Å². The van der Waals surface area contributed by atoms with Crippen LogP contribution in [0.4, 0.5) is 11.6 Å². The molecule has 0 aliphatic carbocycles. The smallest absolute Gasteiger partial charge is 0.134 e. The topological polar surface area (TPSA) is 56.0 Å². The number of rotatable bonds is 3. The van der Waals surface area contributed by atoms with Gasteiger partial charge in [-0.25, -0.2) is 9.97 Å². The van der Waals surface area contributed by atoms with Gasteiger partial charge >= 0.3 is 0 Å². The van der Waals surface area contributed by atoms with Crippen LogP contribution in [0.25, 0.3) is 0 Å². The number of nitrogens with zero attached hydrogens (tertiary/aromatic N) is 5. The van der Waals surface area contributed by atoms with Crippen LogP contribution >= 0.6 is 0 Å². The van der Waals surface area contributed by atoms with Crippen LogP contribution < -0.4 is 9.80 Å². The fourth-order valence-corrected chi connectivity index (χ4v) is 2.12. The lowest BCUT2D eigenvalue weighted by molar-refractivity contribution is 0.485. The summed E-state index contributed by atoms with van der Waals surface area (Å²) in [7, 11) is 2.02. The second-order valence-corrected chi connectivity index (χ2v) is 4.64. The van der Waals surface area contributed by atoms with Gasteiger partial charge in [-0.05, 0) is 19.8 Å². The first kappa shape index (κ1) is 12.6. The van der Waals surface area contributed by atoms with Gasteiger partial charge in [0.05, 0.1) is 6.07 Å². The summed E-state index contributed by atoms with van der Waals surface area (Å²) in [5.41, 5.74) is 0. The highest BCUT2D eigenvalue weighted by atomic mass is 15.2. The summed E-state index contributed by atoms with van der Waals surface area (Å²) in [6, 6.07) is 4.37. The van der Waals surface area contributed by atoms with Crippen molar-refractivity contribution in [1.82, 2.24) is 9.97 Å². The van der Waals surface area contributed by atoms with Crippen molar-refractivity contribution >= 4 is 11.6 Å². The van der Waals surface area contributed by atoms with E-state index in [2.05, 4.69) is 32.8 Å². The zero-order valence-electron chi connectivity index (χ0n) is 11.0. The minimum absolute atomic E-state index is 0.209. The molecule has 5 heteroatoms. The highest BCUT2D eigenvalue weighted by Crippen LogP contribution is 2.23. The Kier molecular flexibility index (Phi) is 3.98. The van der Waals surface area contributed by atoms with Crippen LogP contribution in [0.2, 0.25) is 0 Å². The van der Waals surface area contributed by atoms with Crippen molar-refractivity contribution in [3.63, 3.8) is 0 Å². The average Bonchev–Trinajstić information content (AvgIpc) is 2.46. The molecule has 1 aliphatic heterocycles. The highest BCUT2D eigenvalue weighted by Gasteiger charge is 2.20. The van der Waals surface area contributed by atoms with Crippen molar-refractivity contribution in [2.24, 2.45) is 5.92 Å². The van der Waals surface area contributed by atoms with E-state index < -0.39 is 0 Å². The van der Waals surface area contributed by atoms with Crippen molar-refractivity contribution in [2.45, 2.75) is 19.8 Å². The maximum Gasteiger partial charge on any atom is 0.134 e. The van der Waals surface area contributed by atoms with Crippen molar-refractivity contribution in [1.29, 1.82) is 5.26 Å². The Balaban J connectivity index is 2.08. The van der Waals surface area contributed by atoms with E-state index >= 15 is 0 Å². The maximum atomic E-state index is 8.90. The van der Waals surface area contributed by atoms with Gasteiger partial charge in [-0.3, -0.25) is 0 Å². The Bertz CT molecular complexity index is 431. The SMILES string of the molecule is CCN(C)c1cc(N2CCC(C#N)CC2)ncn1. The minimum atomic E-state index is 0.209. The van der Waals surface area contributed by atoms with E-state index in [0.29, 0.717) is 0 Å². The van der Waals surface area contributed by atoms with E-state index in [1.807, 2.05) is 13.1 Å². The summed E-state index contributed by atoms with van der Waals surface area (Å²) >= 11 is 0. The Morgan fingerprint density at radius 3 is 2.78 bits per heavy atom. The quantitative estimate of drug-likeness (QED) is 0.810. The molecule has 1 saturated heterocycles. The van der Waals surface area contributed by atoms with Gasteiger partial charge in [0.15, 0.2) is 0 Å². The summed E-state index contributed by atoms with van der Waals surface area (Å²) < 4.78 is 0. The van der Waals surface area contributed by atoms with Crippen molar-refractivity contribution in [3.05, 3.63) is 12.4 Å². The van der Waals surface area contributed by atoms with E-state index in [4.69, 9.17) is 5.26 Å². The number of hydrogen-bond donors (Lipinski definition) is 0. The summed E-state index contributed by atoms with van der Waals surface area (Å²) in [5, 5.41) is 8.90. The van der Waals surface area contributed by atoms with Gasteiger partial charge in [-0.15, -0.1) is 0 Å². The van der Waals surface area contributed by atoms with Gasteiger partial charge in [-0.2, -0.15) is 5.26 Å². The summed E-state index contributed by atoms with van der Waals surface area (Å²) in [6.07, 6.45) is 3.48. The van der Waals surface area contributed by atoms with Crippen LogP contribution in [0.15, 0.2) is 12.4 Å². The molecule has 0 unspecified atom stereocenters. The minimum Gasteiger partial charge on any atom is -0.360 e. The molecule has 1 fully saturated rings. The molecule has 0 saturated carbocycles. The monoisotopic (exact) mass is 245 g/mol. The molecule has 0 spiro atoms. The van der Waals surface area contributed by atoms with E-state index in [1.165, 1.54) is 0 Å². The first-order valence-corrected chi connectivity index (χ1v) is 6.42. The van der Waals surface area contributed by atoms with Crippen LogP contribution in [0.3, 0.4) is 0 Å². The third-order valence-corrected chi connectivity index (χ3v) is 3.51. The van der Waals surface area contributed by atoms with Crippen LogP contribution in [0.1, 0.15) is 19.8 Å². The molecule has 96 valence electrons. The Morgan fingerprint density at radius 1 is 1.44 bits per heavy atom. The van der Waals surface area contributed by atoms with Crippen molar-refractivity contribution < 1.29 is 0 Å². The standard InChI is InChI=1S/C13H19N5/c1-3-17(2)12-8-13(16-10-15-12)18-6-4-11(9-14)5-7-18/h8,10-11H,3-7H2,1-2H3. The third kappa shape index (κ3) is 2.70. The molecule has 0 N–H and O–H groups in total. The maximum absolute atomic E-state index is 8.90. The first-order chi connectivity index (χ1) is 8.74. The largest absolute Gasteiger partial charge is 0.360 e. The van der Waals surface area contributed by atoms with Gasteiger partial charge in [0.1, 0.15) is 18.0 Å². The van der Waals surface area contributed by atoms with E-state index in [0.717, 1.165) is 44.1 Å². The molecule has 1 aliphatic rings. The first-order valence-electron chi connectivity index (χ1n) is 6.42. The molecule has 5 nitrogen and oxygen atoms in total. The summed E-state index contributed by atoms with van der Waals surface area (Å²) in [5.74, 6) is 2.13. The predicted molar refractivity (Wildman–Crippen MR) is 71.5 cm³/mol. The summed E-state index contributed by atoms with van der Waals surface area (Å²) in [4.78, 5) is 12.9. The molecule has 18 heavy (non-hydrogen) atoms.